The summed E-state index contributed by atoms with van der Waals surface area (Å²) < 4.78 is 6.75. The molecule has 0 aromatic heterocycles. The Bertz CT molecular complexity index is 779. The molecule has 2 spiro atoms. The van der Waals surface area contributed by atoms with Crippen LogP contribution in [0.4, 0.5) is 0 Å². The van der Waals surface area contributed by atoms with Gasteiger partial charge in [0.1, 0.15) is 12.0 Å². The van der Waals surface area contributed by atoms with E-state index in [0.29, 0.717) is 42.1 Å². The molecule has 0 aromatic carbocycles. The molecule has 26 heavy (non-hydrogen) atoms. The van der Waals surface area contributed by atoms with Crippen LogP contribution in [-0.2, 0) is 9.53 Å². The molecule has 11 atom stereocenters. The molecule has 4 heterocycles. The van der Waals surface area contributed by atoms with Crippen molar-refractivity contribution in [3.05, 3.63) is 12.2 Å². The number of ether oxygens (including phenoxy) is 1. The van der Waals surface area contributed by atoms with E-state index in [1.54, 1.807) is 0 Å². The predicted molar refractivity (Wildman–Crippen MR) is 95.0 cm³/mol. The summed E-state index contributed by atoms with van der Waals surface area (Å²) in [4.78, 5) is 15.7. The monoisotopic (exact) mass is 355 g/mol. The van der Waals surface area contributed by atoms with Crippen LogP contribution in [0.15, 0.2) is 12.2 Å². The molecule has 0 radical (unpaired) electrons. The lowest BCUT2D eigenvalue weighted by molar-refractivity contribution is -0.370. The van der Waals surface area contributed by atoms with Crippen molar-refractivity contribution in [2.45, 2.75) is 70.4 Å². The first-order valence-corrected chi connectivity index (χ1v) is 10.7. The third-order valence-electron chi connectivity index (χ3n) is 10.8. The highest BCUT2D eigenvalue weighted by molar-refractivity contribution is 5.87. The number of ketones is 1. The lowest BCUT2D eigenvalue weighted by Gasteiger charge is -2.73. The Hall–Kier alpha value is -0.710. The molecule has 4 heteroatoms. The molecule has 5 saturated carbocycles. The van der Waals surface area contributed by atoms with Gasteiger partial charge < -0.3 is 9.84 Å². The third kappa shape index (κ3) is 1.11. The molecule has 6 unspecified atom stereocenters. The van der Waals surface area contributed by atoms with E-state index >= 15 is 0 Å². The Kier molecular flexibility index (Phi) is 2.35. The van der Waals surface area contributed by atoms with E-state index < -0.39 is 6.10 Å². The first kappa shape index (κ1) is 15.2. The van der Waals surface area contributed by atoms with Gasteiger partial charge >= 0.3 is 0 Å². The molecule has 0 aromatic rings. The average molecular weight is 355 g/mol. The van der Waals surface area contributed by atoms with Crippen LogP contribution >= 0.6 is 0 Å². The van der Waals surface area contributed by atoms with Gasteiger partial charge in [-0.3, -0.25) is 9.69 Å². The number of fused-ring (bicyclic) bond motifs is 2. The maximum absolute atomic E-state index is 13.0. The smallest absolute Gasteiger partial charge is 0.140 e. The van der Waals surface area contributed by atoms with Crippen molar-refractivity contribution < 1.29 is 14.6 Å². The van der Waals surface area contributed by atoms with E-state index in [0.717, 1.165) is 25.0 Å². The summed E-state index contributed by atoms with van der Waals surface area (Å²) in [7, 11) is 0. The van der Waals surface area contributed by atoms with Gasteiger partial charge in [0.05, 0.1) is 12.2 Å². The molecule has 1 N–H and O–H groups in total. The molecular weight excluding hydrogens is 326 g/mol. The second-order valence-corrected chi connectivity index (χ2v) is 10.8. The summed E-state index contributed by atoms with van der Waals surface area (Å²) in [6.45, 7) is 9.94. The average Bonchev–Trinajstić information content (AvgIpc) is 3.17. The van der Waals surface area contributed by atoms with Crippen molar-refractivity contribution in [1.29, 1.82) is 0 Å². The number of hydrogen-bond donors (Lipinski definition) is 1. The fraction of sp³-hybridized carbons (Fsp3) is 0.864. The SMILES string of the molecule is C=C1C2C[C@]3(C1O)C1C[C@H]4[C@@]5(C6CC[C@@]4(C)C(O6)N(CC)C15)[C@@H]3CC2=O. The second kappa shape index (κ2) is 4.01. The second-order valence-electron chi connectivity index (χ2n) is 10.8. The lowest BCUT2D eigenvalue weighted by Crippen LogP contribution is -2.78. The third-order valence-corrected chi connectivity index (χ3v) is 10.8. The minimum absolute atomic E-state index is 0.0853. The van der Waals surface area contributed by atoms with Gasteiger partial charge in [-0.05, 0) is 55.6 Å². The number of nitrogens with zero attached hydrogens (tertiary/aromatic N) is 1. The van der Waals surface area contributed by atoms with Gasteiger partial charge in [-0.25, -0.2) is 0 Å². The molecule has 140 valence electrons. The van der Waals surface area contributed by atoms with Gasteiger partial charge in [-0.1, -0.05) is 20.4 Å². The highest BCUT2D eigenvalue weighted by Crippen LogP contribution is 2.86. The van der Waals surface area contributed by atoms with Crippen molar-refractivity contribution in [3.8, 4) is 0 Å². The number of piperidine rings is 1. The van der Waals surface area contributed by atoms with Gasteiger partial charge in [-0.15, -0.1) is 0 Å². The van der Waals surface area contributed by atoms with Crippen molar-refractivity contribution in [2.75, 3.05) is 6.54 Å². The minimum Gasteiger partial charge on any atom is -0.388 e. The van der Waals surface area contributed by atoms with E-state index in [4.69, 9.17) is 4.74 Å². The Morgan fingerprint density at radius 2 is 2.19 bits per heavy atom. The Balaban J connectivity index is 1.52. The zero-order valence-corrected chi connectivity index (χ0v) is 15.8. The first-order chi connectivity index (χ1) is 12.4. The summed E-state index contributed by atoms with van der Waals surface area (Å²) >= 11 is 0. The summed E-state index contributed by atoms with van der Waals surface area (Å²) in [5.74, 6) is 1.74. The molecule has 4 aliphatic heterocycles. The van der Waals surface area contributed by atoms with Gasteiger partial charge in [0.2, 0.25) is 0 Å². The molecule has 9 fully saturated rings. The molecule has 9 aliphatic rings. The van der Waals surface area contributed by atoms with Crippen molar-refractivity contribution in [2.24, 2.45) is 39.9 Å². The number of aliphatic hydroxyl groups excluding tert-OH is 1. The topological polar surface area (TPSA) is 49.8 Å². The fourth-order valence-electron chi connectivity index (χ4n) is 10.3. The van der Waals surface area contributed by atoms with Gasteiger partial charge in [0.25, 0.3) is 0 Å². The first-order valence-electron chi connectivity index (χ1n) is 10.7. The van der Waals surface area contributed by atoms with Gasteiger partial charge in [-0.2, -0.15) is 0 Å². The van der Waals surface area contributed by atoms with Crippen molar-refractivity contribution >= 4 is 5.78 Å². The Morgan fingerprint density at radius 1 is 1.38 bits per heavy atom. The number of carbonyl (C=O) groups is 1. The Labute approximate surface area is 155 Å². The van der Waals surface area contributed by atoms with E-state index in [-0.39, 0.29) is 28.4 Å². The molecular formula is C22H29NO3. The summed E-state index contributed by atoms with van der Waals surface area (Å²) in [5, 5.41) is 11.4. The van der Waals surface area contributed by atoms with Gasteiger partial charge in [0.15, 0.2) is 0 Å². The largest absolute Gasteiger partial charge is 0.388 e. The molecule has 4 saturated heterocycles. The van der Waals surface area contributed by atoms with Crippen LogP contribution in [0.2, 0.25) is 0 Å². The van der Waals surface area contributed by atoms with Crippen LogP contribution in [-0.4, -0.2) is 46.8 Å². The summed E-state index contributed by atoms with van der Waals surface area (Å²) in [6, 6.07) is 0.506. The van der Waals surface area contributed by atoms with Crippen LogP contribution in [0.3, 0.4) is 0 Å². The number of carbonyl (C=O) groups excluding carboxylic acids is 1. The van der Waals surface area contributed by atoms with Crippen LogP contribution in [0, 0.1) is 39.9 Å². The molecule has 9 bridgehead atoms. The van der Waals surface area contributed by atoms with Crippen LogP contribution < -0.4 is 0 Å². The Morgan fingerprint density at radius 3 is 2.96 bits per heavy atom. The maximum atomic E-state index is 13.0. The number of aliphatic hydroxyl groups is 1. The van der Waals surface area contributed by atoms with Crippen LogP contribution in [0.25, 0.3) is 0 Å². The van der Waals surface area contributed by atoms with Gasteiger partial charge in [0, 0.05) is 34.6 Å². The van der Waals surface area contributed by atoms with E-state index in [1.165, 1.54) is 12.8 Å². The van der Waals surface area contributed by atoms with Crippen molar-refractivity contribution in [3.63, 3.8) is 0 Å². The summed E-state index contributed by atoms with van der Waals surface area (Å²) in [6.07, 6.45) is 5.21. The fourth-order valence-corrected chi connectivity index (χ4v) is 10.3. The maximum Gasteiger partial charge on any atom is 0.140 e. The molecule has 0 amide bonds. The van der Waals surface area contributed by atoms with E-state index in [9.17, 15) is 9.90 Å². The summed E-state index contributed by atoms with van der Waals surface area (Å²) in [5.41, 5.74) is 1.03. The van der Waals surface area contributed by atoms with E-state index in [2.05, 4.69) is 25.3 Å². The molecule has 5 aliphatic carbocycles. The van der Waals surface area contributed by atoms with Crippen LogP contribution in [0.1, 0.15) is 46.0 Å². The normalized spacial score (nSPS) is 66.7. The highest BCUT2D eigenvalue weighted by Gasteiger charge is 2.88. The molecule has 4 nitrogen and oxygen atoms in total. The molecule has 9 rings (SSSR count). The number of hydrogen-bond acceptors (Lipinski definition) is 4. The number of Topliss-reactive ketones (excluding diaryl/α,β-unsaturated/α-hetero) is 1. The highest BCUT2D eigenvalue weighted by atomic mass is 16.5. The zero-order chi connectivity index (χ0) is 17.8. The van der Waals surface area contributed by atoms with E-state index in [1.807, 2.05) is 0 Å². The standard InChI is InChI=1S/C22H29NO3/c1-4-23-17-12-7-14-20(3)6-5-16(26-19(20)23)22(14,17)15-8-13(24)11-9-21(12,15)18(25)10(11)2/h11-12,14-19,25H,2,4-9H2,1,3H3/t11?,12?,14-,15-,16?,17?,18?,19?,20-,21+,22+/m1/s1. The number of rotatable bonds is 1. The van der Waals surface area contributed by atoms with Crippen LogP contribution in [0.5, 0.6) is 0 Å². The quantitative estimate of drug-likeness (QED) is 0.734. The zero-order valence-electron chi connectivity index (χ0n) is 15.8. The van der Waals surface area contributed by atoms with Crippen molar-refractivity contribution in [1.82, 2.24) is 4.90 Å². The lowest BCUT2D eigenvalue weighted by atomic mass is 9.41. The minimum atomic E-state index is -0.487. The predicted octanol–water partition coefficient (Wildman–Crippen LogP) is 2.36.